The molecule has 0 aliphatic rings. The SMILES string of the molecule is Cc1ccc[n+](C)n1. The van der Waals surface area contributed by atoms with E-state index in [0.29, 0.717) is 0 Å². The molecule has 0 aromatic carbocycles. The van der Waals surface area contributed by atoms with Gasteiger partial charge in [-0.15, -0.1) is 0 Å². The lowest BCUT2D eigenvalue weighted by atomic mass is 10.4. The number of aryl methyl sites for hydroxylation is 2. The molecule has 0 amide bonds. The van der Waals surface area contributed by atoms with Crippen LogP contribution < -0.4 is 4.68 Å². The third kappa shape index (κ3) is 1.03. The molecule has 42 valence electrons. The van der Waals surface area contributed by atoms with E-state index in [1.807, 2.05) is 32.3 Å². The maximum absolute atomic E-state index is 4.09. The quantitative estimate of drug-likeness (QED) is 0.435. The van der Waals surface area contributed by atoms with Gasteiger partial charge in [-0.2, -0.15) is 0 Å². The minimum absolute atomic E-state index is 1.05. The smallest absolute Gasteiger partial charge is 0.0938 e. The first kappa shape index (κ1) is 5.22. The molecule has 0 aliphatic heterocycles. The summed E-state index contributed by atoms with van der Waals surface area (Å²) in [5.41, 5.74) is 1.05. The molecule has 0 saturated heterocycles. The predicted molar refractivity (Wildman–Crippen MR) is 30.1 cm³/mol. The Morgan fingerprint density at radius 2 is 2.38 bits per heavy atom. The fourth-order valence-electron chi connectivity index (χ4n) is 0.622. The van der Waals surface area contributed by atoms with E-state index in [2.05, 4.69) is 5.10 Å². The third-order valence-electron chi connectivity index (χ3n) is 0.955. The van der Waals surface area contributed by atoms with Crippen LogP contribution in [0.2, 0.25) is 0 Å². The van der Waals surface area contributed by atoms with Crippen molar-refractivity contribution in [3.8, 4) is 0 Å². The zero-order chi connectivity index (χ0) is 5.98. The predicted octanol–water partition coefficient (Wildman–Crippen LogP) is 0.215. The molecule has 0 bridgehead atoms. The summed E-state index contributed by atoms with van der Waals surface area (Å²) in [6, 6.07) is 3.95. The summed E-state index contributed by atoms with van der Waals surface area (Å²) in [5.74, 6) is 0. The summed E-state index contributed by atoms with van der Waals surface area (Å²) >= 11 is 0. The molecule has 1 aromatic heterocycles. The maximum atomic E-state index is 4.09. The molecule has 1 rings (SSSR count). The highest BCUT2D eigenvalue weighted by Gasteiger charge is 1.89. The van der Waals surface area contributed by atoms with Crippen LogP contribution in [0.4, 0.5) is 0 Å². The molecule has 0 atom stereocenters. The van der Waals surface area contributed by atoms with Crippen molar-refractivity contribution in [1.29, 1.82) is 0 Å². The van der Waals surface area contributed by atoms with Crippen molar-refractivity contribution in [2.24, 2.45) is 7.05 Å². The second kappa shape index (κ2) is 1.90. The van der Waals surface area contributed by atoms with E-state index in [4.69, 9.17) is 0 Å². The van der Waals surface area contributed by atoms with Gasteiger partial charge in [0.2, 0.25) is 0 Å². The lowest BCUT2D eigenvalue weighted by Crippen LogP contribution is -2.32. The van der Waals surface area contributed by atoms with Crippen LogP contribution in [0.3, 0.4) is 0 Å². The lowest BCUT2D eigenvalue weighted by molar-refractivity contribution is -0.731. The van der Waals surface area contributed by atoms with Gasteiger partial charge in [-0.25, -0.2) is 0 Å². The van der Waals surface area contributed by atoms with E-state index >= 15 is 0 Å². The van der Waals surface area contributed by atoms with Crippen LogP contribution in [0.1, 0.15) is 5.69 Å². The zero-order valence-electron chi connectivity index (χ0n) is 5.13. The highest BCUT2D eigenvalue weighted by molar-refractivity contribution is 4.92. The molecular formula is C6H9N2+. The molecule has 2 nitrogen and oxygen atoms in total. The zero-order valence-corrected chi connectivity index (χ0v) is 5.13. The Morgan fingerprint density at radius 3 is 2.75 bits per heavy atom. The fourth-order valence-corrected chi connectivity index (χ4v) is 0.622. The fraction of sp³-hybridized carbons (Fsp3) is 0.333. The molecule has 0 aliphatic carbocycles. The standard InChI is InChI=1S/C6H9N2/c1-6-4-3-5-8(2)7-6/h3-5H,1-2H3/q+1. The Balaban J connectivity index is 3.08. The minimum atomic E-state index is 1.05. The van der Waals surface area contributed by atoms with Gasteiger partial charge in [0.05, 0.1) is 0 Å². The molecule has 2 heteroatoms. The average molecular weight is 109 g/mol. The van der Waals surface area contributed by atoms with Gasteiger partial charge in [0, 0.05) is 6.07 Å². The molecule has 8 heavy (non-hydrogen) atoms. The van der Waals surface area contributed by atoms with Crippen LogP contribution in [-0.2, 0) is 7.05 Å². The van der Waals surface area contributed by atoms with Crippen molar-refractivity contribution in [2.75, 3.05) is 0 Å². The first-order valence-corrected chi connectivity index (χ1v) is 2.58. The Kier molecular flexibility index (Phi) is 1.24. The van der Waals surface area contributed by atoms with Crippen LogP contribution in [-0.4, -0.2) is 5.10 Å². The van der Waals surface area contributed by atoms with Gasteiger partial charge >= 0.3 is 0 Å². The maximum Gasteiger partial charge on any atom is 0.196 e. The van der Waals surface area contributed by atoms with Crippen LogP contribution in [0.15, 0.2) is 18.3 Å². The summed E-state index contributed by atoms with van der Waals surface area (Å²) in [5, 5.41) is 4.09. The van der Waals surface area contributed by atoms with Gasteiger partial charge in [0.1, 0.15) is 5.69 Å². The summed E-state index contributed by atoms with van der Waals surface area (Å²) in [6.07, 6.45) is 1.91. The van der Waals surface area contributed by atoms with Crippen molar-refractivity contribution in [2.45, 2.75) is 6.92 Å². The van der Waals surface area contributed by atoms with Crippen LogP contribution >= 0.6 is 0 Å². The van der Waals surface area contributed by atoms with Crippen LogP contribution in [0.25, 0.3) is 0 Å². The number of hydrogen-bond donors (Lipinski definition) is 0. The van der Waals surface area contributed by atoms with Gasteiger partial charge in [-0.3, -0.25) is 0 Å². The van der Waals surface area contributed by atoms with Crippen LogP contribution in [0, 0.1) is 6.92 Å². The Labute approximate surface area is 48.8 Å². The highest BCUT2D eigenvalue weighted by Crippen LogP contribution is 1.81. The summed E-state index contributed by atoms with van der Waals surface area (Å²) in [6.45, 7) is 1.97. The molecule has 0 unspecified atom stereocenters. The van der Waals surface area contributed by atoms with E-state index in [0.717, 1.165) is 5.69 Å². The van der Waals surface area contributed by atoms with Crippen molar-refractivity contribution >= 4 is 0 Å². The van der Waals surface area contributed by atoms with Crippen LogP contribution in [0.5, 0.6) is 0 Å². The number of hydrogen-bond acceptors (Lipinski definition) is 1. The molecule has 1 aromatic rings. The van der Waals surface area contributed by atoms with Gasteiger partial charge in [0.15, 0.2) is 13.2 Å². The molecule has 1 heterocycles. The second-order valence-corrected chi connectivity index (χ2v) is 1.82. The Bertz CT molecular complexity index is 166. The second-order valence-electron chi connectivity index (χ2n) is 1.82. The van der Waals surface area contributed by atoms with Gasteiger partial charge in [-0.1, -0.05) is 4.68 Å². The van der Waals surface area contributed by atoms with Gasteiger partial charge in [0.25, 0.3) is 0 Å². The molecular weight excluding hydrogens is 100 g/mol. The normalized spacial score (nSPS) is 9.25. The summed E-state index contributed by atoms with van der Waals surface area (Å²) in [4.78, 5) is 0. The van der Waals surface area contributed by atoms with Crippen molar-refractivity contribution in [3.05, 3.63) is 24.0 Å². The minimum Gasteiger partial charge on any atom is -0.0938 e. The van der Waals surface area contributed by atoms with Crippen molar-refractivity contribution in [1.82, 2.24) is 5.10 Å². The van der Waals surface area contributed by atoms with Gasteiger partial charge < -0.3 is 0 Å². The van der Waals surface area contributed by atoms with E-state index in [1.54, 1.807) is 4.68 Å². The van der Waals surface area contributed by atoms with Gasteiger partial charge in [-0.05, 0) is 18.1 Å². The highest BCUT2D eigenvalue weighted by atomic mass is 15.2. The Morgan fingerprint density at radius 1 is 1.62 bits per heavy atom. The monoisotopic (exact) mass is 109 g/mol. The summed E-state index contributed by atoms with van der Waals surface area (Å²) < 4.78 is 1.79. The van der Waals surface area contributed by atoms with E-state index in [9.17, 15) is 0 Å². The molecule has 0 fully saturated rings. The molecule has 0 saturated carbocycles. The van der Waals surface area contributed by atoms with Crippen molar-refractivity contribution < 1.29 is 4.68 Å². The van der Waals surface area contributed by atoms with E-state index in [-0.39, 0.29) is 0 Å². The number of aromatic nitrogens is 2. The largest absolute Gasteiger partial charge is 0.196 e. The van der Waals surface area contributed by atoms with E-state index < -0.39 is 0 Å². The van der Waals surface area contributed by atoms with Crippen molar-refractivity contribution in [3.63, 3.8) is 0 Å². The first-order chi connectivity index (χ1) is 3.79. The average Bonchev–Trinajstić information content (AvgIpc) is 1.64. The molecule has 0 N–H and O–H groups in total. The summed E-state index contributed by atoms with van der Waals surface area (Å²) in [7, 11) is 1.91. The third-order valence-corrected chi connectivity index (χ3v) is 0.955. The lowest BCUT2D eigenvalue weighted by Gasteiger charge is -1.82. The number of nitrogens with zero attached hydrogens (tertiary/aromatic N) is 2. The first-order valence-electron chi connectivity index (χ1n) is 2.58. The van der Waals surface area contributed by atoms with E-state index in [1.165, 1.54) is 0 Å². The molecule has 0 spiro atoms. The molecule has 0 radical (unpaired) electrons. The topological polar surface area (TPSA) is 16.8 Å². The Hall–Kier alpha value is -0.920. The number of rotatable bonds is 0.